The van der Waals surface area contributed by atoms with Crippen LogP contribution in [0.3, 0.4) is 0 Å². The van der Waals surface area contributed by atoms with E-state index >= 15 is 0 Å². The van der Waals surface area contributed by atoms with Crippen molar-refractivity contribution < 1.29 is 13.9 Å². The summed E-state index contributed by atoms with van der Waals surface area (Å²) in [6.45, 7) is 7.55. The van der Waals surface area contributed by atoms with E-state index in [1.165, 1.54) is 11.3 Å². The molecule has 0 unspecified atom stereocenters. The Kier molecular flexibility index (Phi) is 5.15. The Morgan fingerprint density at radius 1 is 1.30 bits per heavy atom. The largest absolute Gasteiger partial charge is 0.465 e. The Hall–Kier alpha value is -1.63. The third kappa shape index (κ3) is 3.83. The lowest BCUT2D eigenvalue weighted by Crippen LogP contribution is -2.43. The number of carbonyl (C=O) groups excluding carboxylic acids is 1. The minimum Gasteiger partial charge on any atom is -0.465 e. The topological polar surface area (TPSA) is 54.7 Å². The van der Waals surface area contributed by atoms with Gasteiger partial charge in [-0.25, -0.2) is 0 Å². The van der Waals surface area contributed by atoms with E-state index in [0.29, 0.717) is 19.8 Å². The summed E-state index contributed by atoms with van der Waals surface area (Å²) in [5.41, 5.74) is 1.02. The maximum Gasteiger partial charge on any atom is 0.261 e. The molecule has 1 atom stereocenters. The van der Waals surface area contributed by atoms with Crippen LogP contribution in [0, 0.1) is 13.8 Å². The predicted molar refractivity (Wildman–Crippen MR) is 90.0 cm³/mol. The standard InChI is InChI=1S/C17H22N2O3S/c1-12-5-10-23-16(12)17(20)18-11-14(15-4-3-13(2)22-15)19-6-8-21-9-7-19/h3-5,10,14H,6-9,11H2,1-2H3,(H,18,20)/t14-/m0/s1. The van der Waals surface area contributed by atoms with Crippen LogP contribution in [0.15, 0.2) is 28.0 Å². The van der Waals surface area contributed by atoms with Gasteiger partial charge in [0.2, 0.25) is 0 Å². The van der Waals surface area contributed by atoms with E-state index in [1.54, 1.807) is 0 Å². The van der Waals surface area contributed by atoms with E-state index in [9.17, 15) is 4.79 Å². The number of amides is 1. The zero-order chi connectivity index (χ0) is 16.2. The van der Waals surface area contributed by atoms with Gasteiger partial charge in [0.25, 0.3) is 5.91 Å². The highest BCUT2D eigenvalue weighted by Crippen LogP contribution is 2.24. The Morgan fingerprint density at radius 3 is 2.70 bits per heavy atom. The molecule has 3 rings (SSSR count). The average molecular weight is 334 g/mol. The average Bonchev–Trinajstić information content (AvgIpc) is 3.17. The normalized spacial score (nSPS) is 17.1. The number of thiophene rings is 1. The minimum absolute atomic E-state index is 0.0148. The van der Waals surface area contributed by atoms with Crippen molar-refractivity contribution in [3.8, 4) is 0 Å². The third-order valence-corrected chi connectivity index (χ3v) is 5.12. The van der Waals surface area contributed by atoms with E-state index in [-0.39, 0.29) is 11.9 Å². The van der Waals surface area contributed by atoms with Crippen molar-refractivity contribution in [2.45, 2.75) is 19.9 Å². The fraction of sp³-hybridized carbons (Fsp3) is 0.471. The number of morpholine rings is 1. The number of nitrogens with one attached hydrogen (secondary N) is 1. The first-order valence-electron chi connectivity index (χ1n) is 7.85. The van der Waals surface area contributed by atoms with Gasteiger partial charge in [-0.3, -0.25) is 9.69 Å². The molecule has 1 saturated heterocycles. The van der Waals surface area contributed by atoms with Gasteiger partial charge in [0, 0.05) is 19.6 Å². The highest BCUT2D eigenvalue weighted by molar-refractivity contribution is 7.12. The van der Waals surface area contributed by atoms with Gasteiger partial charge in [0.1, 0.15) is 11.5 Å². The van der Waals surface area contributed by atoms with Crippen LogP contribution in [-0.2, 0) is 4.74 Å². The van der Waals surface area contributed by atoms with Gasteiger partial charge in [-0.15, -0.1) is 11.3 Å². The molecule has 2 aromatic rings. The molecule has 1 fully saturated rings. The van der Waals surface area contributed by atoms with Crippen molar-refractivity contribution in [3.05, 3.63) is 45.5 Å². The second-order valence-electron chi connectivity index (χ2n) is 5.76. The molecule has 1 amide bonds. The molecule has 1 aliphatic heterocycles. The molecule has 0 radical (unpaired) electrons. The number of rotatable bonds is 5. The van der Waals surface area contributed by atoms with Crippen LogP contribution in [0.4, 0.5) is 0 Å². The molecule has 1 aliphatic rings. The van der Waals surface area contributed by atoms with Crippen molar-refractivity contribution in [1.82, 2.24) is 10.2 Å². The third-order valence-electron chi connectivity index (χ3n) is 4.10. The maximum atomic E-state index is 12.4. The molecule has 0 spiro atoms. The Morgan fingerprint density at radius 2 is 2.09 bits per heavy atom. The molecule has 2 aromatic heterocycles. The molecular weight excluding hydrogens is 312 g/mol. The van der Waals surface area contributed by atoms with Crippen molar-refractivity contribution in [2.75, 3.05) is 32.8 Å². The highest BCUT2D eigenvalue weighted by atomic mass is 32.1. The molecular formula is C17H22N2O3S. The summed E-state index contributed by atoms with van der Waals surface area (Å²) in [4.78, 5) is 15.5. The number of nitrogens with zero attached hydrogens (tertiary/aromatic N) is 1. The highest BCUT2D eigenvalue weighted by Gasteiger charge is 2.26. The quantitative estimate of drug-likeness (QED) is 0.913. The lowest BCUT2D eigenvalue weighted by Gasteiger charge is -2.33. The molecule has 0 aromatic carbocycles. The van der Waals surface area contributed by atoms with E-state index in [4.69, 9.17) is 9.15 Å². The first-order valence-corrected chi connectivity index (χ1v) is 8.73. The van der Waals surface area contributed by atoms with Crippen molar-refractivity contribution >= 4 is 17.2 Å². The number of carbonyl (C=O) groups is 1. The smallest absolute Gasteiger partial charge is 0.261 e. The first-order chi connectivity index (χ1) is 11.1. The predicted octanol–water partition coefficient (Wildman–Crippen LogP) is 2.76. The van der Waals surface area contributed by atoms with Gasteiger partial charge < -0.3 is 14.5 Å². The fourth-order valence-corrected chi connectivity index (χ4v) is 3.65. The minimum atomic E-state index is -0.0148. The molecule has 1 N–H and O–H groups in total. The lowest BCUT2D eigenvalue weighted by molar-refractivity contribution is 0.0117. The number of furan rings is 1. The monoisotopic (exact) mass is 334 g/mol. The number of aryl methyl sites for hydroxylation is 2. The van der Waals surface area contributed by atoms with E-state index < -0.39 is 0 Å². The summed E-state index contributed by atoms with van der Waals surface area (Å²) in [6.07, 6.45) is 0. The van der Waals surface area contributed by atoms with Gasteiger partial charge in [0.05, 0.1) is 24.1 Å². The zero-order valence-corrected chi connectivity index (χ0v) is 14.3. The SMILES string of the molecule is Cc1ccc([C@H](CNC(=O)c2sccc2C)N2CCOCC2)o1. The molecule has 0 aliphatic carbocycles. The molecule has 23 heavy (non-hydrogen) atoms. The van der Waals surface area contributed by atoms with E-state index in [0.717, 1.165) is 35.1 Å². The summed E-state index contributed by atoms with van der Waals surface area (Å²) < 4.78 is 11.2. The van der Waals surface area contributed by atoms with Crippen LogP contribution in [0.2, 0.25) is 0 Å². The van der Waals surface area contributed by atoms with Gasteiger partial charge >= 0.3 is 0 Å². The van der Waals surface area contributed by atoms with Gasteiger partial charge in [-0.1, -0.05) is 0 Å². The lowest BCUT2D eigenvalue weighted by atomic mass is 10.1. The molecule has 3 heterocycles. The van der Waals surface area contributed by atoms with Crippen LogP contribution in [-0.4, -0.2) is 43.7 Å². The van der Waals surface area contributed by atoms with Crippen molar-refractivity contribution in [1.29, 1.82) is 0 Å². The Labute approximate surface area is 140 Å². The Balaban J connectivity index is 1.71. The second kappa shape index (κ2) is 7.29. The van der Waals surface area contributed by atoms with E-state index in [1.807, 2.05) is 37.4 Å². The Bertz CT molecular complexity index is 658. The van der Waals surface area contributed by atoms with E-state index in [2.05, 4.69) is 10.2 Å². The fourth-order valence-electron chi connectivity index (χ4n) is 2.81. The maximum absolute atomic E-state index is 12.4. The molecule has 0 saturated carbocycles. The summed E-state index contributed by atoms with van der Waals surface area (Å²) in [6, 6.07) is 5.97. The van der Waals surface area contributed by atoms with Gasteiger partial charge in [-0.05, 0) is 43.0 Å². The van der Waals surface area contributed by atoms with Crippen molar-refractivity contribution in [3.63, 3.8) is 0 Å². The number of hydrogen-bond acceptors (Lipinski definition) is 5. The summed E-state index contributed by atoms with van der Waals surface area (Å²) >= 11 is 1.48. The molecule has 0 bridgehead atoms. The van der Waals surface area contributed by atoms with Gasteiger partial charge in [-0.2, -0.15) is 0 Å². The van der Waals surface area contributed by atoms with Crippen LogP contribution in [0.25, 0.3) is 0 Å². The van der Waals surface area contributed by atoms with Crippen LogP contribution < -0.4 is 5.32 Å². The number of ether oxygens (including phenoxy) is 1. The van der Waals surface area contributed by atoms with Crippen LogP contribution in [0.1, 0.15) is 32.8 Å². The molecule has 5 nitrogen and oxygen atoms in total. The summed E-state index contributed by atoms with van der Waals surface area (Å²) in [5, 5.41) is 5.00. The molecule has 6 heteroatoms. The second-order valence-corrected chi connectivity index (χ2v) is 6.67. The zero-order valence-electron chi connectivity index (χ0n) is 13.5. The van der Waals surface area contributed by atoms with Crippen molar-refractivity contribution in [2.24, 2.45) is 0 Å². The summed E-state index contributed by atoms with van der Waals surface area (Å²) in [5.74, 6) is 1.77. The molecule has 124 valence electrons. The van der Waals surface area contributed by atoms with Gasteiger partial charge in [0.15, 0.2) is 0 Å². The van der Waals surface area contributed by atoms with Crippen LogP contribution in [0.5, 0.6) is 0 Å². The summed E-state index contributed by atoms with van der Waals surface area (Å²) in [7, 11) is 0. The van der Waals surface area contributed by atoms with Crippen LogP contribution >= 0.6 is 11.3 Å². The number of hydrogen-bond donors (Lipinski definition) is 1. The first kappa shape index (κ1) is 16.2.